The van der Waals surface area contributed by atoms with E-state index >= 15 is 0 Å². The summed E-state index contributed by atoms with van der Waals surface area (Å²) in [6.45, 7) is 6.32. The van der Waals surface area contributed by atoms with E-state index in [1.165, 1.54) is 23.5 Å². The lowest BCUT2D eigenvalue weighted by atomic mass is 10.1. The zero-order chi connectivity index (χ0) is 18.8. The van der Waals surface area contributed by atoms with Crippen molar-refractivity contribution in [1.29, 1.82) is 0 Å². The number of amides is 1. The fraction of sp³-hybridized carbons (Fsp3) is 0.300. The van der Waals surface area contributed by atoms with Crippen LogP contribution in [-0.4, -0.2) is 10.5 Å². The molecule has 1 atom stereocenters. The van der Waals surface area contributed by atoms with Gasteiger partial charge in [-0.05, 0) is 44.0 Å². The number of halogens is 1. The topological polar surface area (TPSA) is 51.1 Å². The number of rotatable bonds is 5. The zero-order valence-corrected chi connectivity index (χ0v) is 15.8. The number of nitrogens with zero attached hydrogens (tertiary/aromatic N) is 1. The quantitative estimate of drug-likeness (QED) is 0.721. The number of hydrogen-bond acceptors (Lipinski definition) is 3. The second-order valence-electron chi connectivity index (χ2n) is 6.33. The first kappa shape index (κ1) is 18.3. The van der Waals surface area contributed by atoms with Crippen molar-refractivity contribution in [1.82, 2.24) is 9.88 Å². The Labute approximate surface area is 155 Å². The van der Waals surface area contributed by atoms with Crippen LogP contribution in [0.25, 0.3) is 10.1 Å². The van der Waals surface area contributed by atoms with Crippen molar-refractivity contribution in [3.63, 3.8) is 0 Å². The largest absolute Gasteiger partial charge is 0.345 e. The fourth-order valence-electron chi connectivity index (χ4n) is 3.06. The fourth-order valence-corrected chi connectivity index (χ4v) is 4.11. The summed E-state index contributed by atoms with van der Waals surface area (Å²) in [6.07, 6.45) is 2.63. The lowest BCUT2D eigenvalue weighted by Crippen LogP contribution is -2.28. The van der Waals surface area contributed by atoms with Crippen LogP contribution in [0.4, 0.5) is 4.39 Å². The molecule has 0 saturated carbocycles. The van der Waals surface area contributed by atoms with Gasteiger partial charge in [0.25, 0.3) is 11.5 Å². The molecule has 3 aromatic rings. The molecule has 0 aliphatic heterocycles. The molecule has 4 nitrogen and oxygen atoms in total. The molecule has 0 spiro atoms. The number of benzene rings is 1. The molecule has 0 saturated heterocycles. The number of carbonyl (C=O) groups excluding carboxylic acids is 1. The van der Waals surface area contributed by atoms with Crippen LogP contribution >= 0.6 is 11.3 Å². The zero-order valence-electron chi connectivity index (χ0n) is 15.0. The van der Waals surface area contributed by atoms with E-state index in [-0.39, 0.29) is 23.3 Å². The van der Waals surface area contributed by atoms with Gasteiger partial charge in [0, 0.05) is 22.3 Å². The summed E-state index contributed by atoms with van der Waals surface area (Å²) in [5.41, 5.74) is 1.11. The molecule has 3 rings (SSSR count). The van der Waals surface area contributed by atoms with Crippen molar-refractivity contribution < 1.29 is 9.18 Å². The van der Waals surface area contributed by atoms with E-state index < -0.39 is 0 Å². The molecule has 1 N–H and O–H groups in total. The molecule has 6 heteroatoms. The average molecular weight is 372 g/mol. The summed E-state index contributed by atoms with van der Waals surface area (Å²) >= 11 is 1.45. The molecule has 0 aliphatic carbocycles. The number of fused-ring (bicyclic) bond motifs is 1. The Morgan fingerprint density at radius 1 is 1.27 bits per heavy atom. The van der Waals surface area contributed by atoms with E-state index in [1.807, 2.05) is 26.8 Å². The van der Waals surface area contributed by atoms with Crippen LogP contribution in [0.5, 0.6) is 0 Å². The van der Waals surface area contributed by atoms with Crippen LogP contribution in [0.1, 0.15) is 47.1 Å². The highest BCUT2D eigenvalue weighted by Gasteiger charge is 2.21. The first-order valence-electron chi connectivity index (χ1n) is 8.61. The Bertz CT molecular complexity index is 1010. The standard InChI is InChI=1S/C20H21FN2O2S/c1-4-10-23-11-9-16-18(20(23)25)17(13(3)26-16)19(24)22-12(2)14-5-7-15(21)8-6-14/h5-9,11-12H,4,10H2,1-3H3,(H,22,24). The number of aromatic nitrogens is 1. The predicted octanol–water partition coefficient (Wildman–Crippen LogP) is 4.41. The van der Waals surface area contributed by atoms with Gasteiger partial charge in [0.15, 0.2) is 0 Å². The highest BCUT2D eigenvalue weighted by Crippen LogP contribution is 2.29. The van der Waals surface area contributed by atoms with Crippen LogP contribution in [0.3, 0.4) is 0 Å². The molecule has 0 fully saturated rings. The maximum Gasteiger partial charge on any atom is 0.260 e. The van der Waals surface area contributed by atoms with E-state index in [9.17, 15) is 14.0 Å². The second-order valence-corrected chi connectivity index (χ2v) is 7.59. The van der Waals surface area contributed by atoms with E-state index in [1.54, 1.807) is 22.9 Å². The van der Waals surface area contributed by atoms with E-state index in [0.29, 0.717) is 17.5 Å². The summed E-state index contributed by atoms with van der Waals surface area (Å²) < 4.78 is 15.6. The van der Waals surface area contributed by atoms with Crippen LogP contribution in [0.2, 0.25) is 0 Å². The summed E-state index contributed by atoms with van der Waals surface area (Å²) in [5.74, 6) is -0.597. The van der Waals surface area contributed by atoms with Gasteiger partial charge >= 0.3 is 0 Å². The van der Waals surface area contributed by atoms with Crippen molar-refractivity contribution in [2.75, 3.05) is 0 Å². The molecular weight excluding hydrogens is 351 g/mol. The summed E-state index contributed by atoms with van der Waals surface area (Å²) in [7, 11) is 0. The van der Waals surface area contributed by atoms with Crippen molar-refractivity contribution in [2.45, 2.75) is 39.8 Å². The van der Waals surface area contributed by atoms with Crippen LogP contribution in [0.15, 0.2) is 41.3 Å². The Kier molecular flexibility index (Phi) is 5.23. The van der Waals surface area contributed by atoms with Crippen molar-refractivity contribution in [3.05, 3.63) is 68.7 Å². The maximum atomic E-state index is 13.1. The molecule has 2 heterocycles. The highest BCUT2D eigenvalue weighted by atomic mass is 32.1. The normalized spacial score (nSPS) is 12.3. The van der Waals surface area contributed by atoms with Crippen LogP contribution < -0.4 is 10.9 Å². The summed E-state index contributed by atoms with van der Waals surface area (Å²) in [4.78, 5) is 26.5. The van der Waals surface area contributed by atoms with Crippen molar-refractivity contribution >= 4 is 27.3 Å². The molecular formula is C20H21FN2O2S. The first-order chi connectivity index (χ1) is 12.4. The third-order valence-electron chi connectivity index (χ3n) is 4.40. The minimum Gasteiger partial charge on any atom is -0.345 e. The first-order valence-corrected chi connectivity index (χ1v) is 9.43. The second kappa shape index (κ2) is 7.41. The third kappa shape index (κ3) is 3.42. The van der Waals surface area contributed by atoms with Gasteiger partial charge in [-0.2, -0.15) is 0 Å². The summed E-state index contributed by atoms with van der Waals surface area (Å²) in [6, 6.07) is 7.63. The Hall–Kier alpha value is -2.47. The van der Waals surface area contributed by atoms with Crippen LogP contribution in [0, 0.1) is 12.7 Å². The number of nitrogens with one attached hydrogen (secondary N) is 1. The van der Waals surface area contributed by atoms with Gasteiger partial charge in [0.2, 0.25) is 0 Å². The minimum atomic E-state index is -0.316. The molecule has 136 valence electrons. The highest BCUT2D eigenvalue weighted by molar-refractivity contribution is 7.19. The minimum absolute atomic E-state index is 0.131. The van der Waals surface area contributed by atoms with Crippen LogP contribution in [-0.2, 0) is 6.54 Å². The van der Waals surface area contributed by atoms with Crippen molar-refractivity contribution in [2.24, 2.45) is 0 Å². The number of carbonyl (C=O) groups is 1. The monoisotopic (exact) mass is 372 g/mol. The van der Waals surface area contributed by atoms with Gasteiger partial charge in [-0.25, -0.2) is 4.39 Å². The van der Waals surface area contributed by atoms with E-state index in [2.05, 4.69) is 5.32 Å². The SMILES string of the molecule is CCCn1ccc2sc(C)c(C(=O)NC(C)c3ccc(F)cc3)c2c1=O. The predicted molar refractivity (Wildman–Crippen MR) is 103 cm³/mol. The van der Waals surface area contributed by atoms with E-state index in [4.69, 9.17) is 0 Å². The molecule has 2 aromatic heterocycles. The lowest BCUT2D eigenvalue weighted by Gasteiger charge is -2.14. The molecule has 0 aliphatic rings. The number of thiophene rings is 1. The Morgan fingerprint density at radius 2 is 1.96 bits per heavy atom. The van der Waals surface area contributed by atoms with Gasteiger partial charge in [0.1, 0.15) is 5.82 Å². The Balaban J connectivity index is 1.97. The molecule has 0 radical (unpaired) electrons. The van der Waals surface area contributed by atoms with Gasteiger partial charge in [-0.1, -0.05) is 19.1 Å². The number of hydrogen-bond donors (Lipinski definition) is 1. The number of pyridine rings is 1. The molecule has 1 amide bonds. The number of aryl methyl sites for hydroxylation is 2. The molecule has 1 aromatic carbocycles. The third-order valence-corrected chi connectivity index (χ3v) is 5.47. The smallest absolute Gasteiger partial charge is 0.260 e. The summed E-state index contributed by atoms with van der Waals surface area (Å²) in [5, 5.41) is 3.41. The average Bonchev–Trinajstić information content (AvgIpc) is 2.95. The van der Waals surface area contributed by atoms with Crippen molar-refractivity contribution in [3.8, 4) is 0 Å². The van der Waals surface area contributed by atoms with Gasteiger partial charge in [0.05, 0.1) is 17.0 Å². The van der Waals surface area contributed by atoms with Gasteiger partial charge in [-0.3, -0.25) is 9.59 Å². The maximum absolute atomic E-state index is 13.1. The van der Waals surface area contributed by atoms with E-state index in [0.717, 1.165) is 21.6 Å². The molecule has 1 unspecified atom stereocenters. The molecule has 0 bridgehead atoms. The van der Waals surface area contributed by atoms with Gasteiger partial charge in [-0.15, -0.1) is 11.3 Å². The molecule has 26 heavy (non-hydrogen) atoms. The van der Waals surface area contributed by atoms with Gasteiger partial charge < -0.3 is 9.88 Å². The Morgan fingerprint density at radius 3 is 2.62 bits per heavy atom. The lowest BCUT2D eigenvalue weighted by molar-refractivity contribution is 0.0941.